The molecule has 1 unspecified atom stereocenters. The summed E-state index contributed by atoms with van der Waals surface area (Å²) < 4.78 is 19.6. The van der Waals surface area contributed by atoms with Crippen molar-refractivity contribution in [1.29, 1.82) is 0 Å². The first-order chi connectivity index (χ1) is 11.6. The van der Waals surface area contributed by atoms with Gasteiger partial charge in [0, 0.05) is 42.5 Å². The lowest BCUT2D eigenvalue weighted by atomic mass is 10.1. The standard InChI is InChI=1S/C15H20Cl2N3O4P/c1-15(2,24-25(18,23)19(11-9-16)12-10-17)8-7-13-3-5-14(6-4-13)20(21)22/h3-6H,9-12H2,1-2H3,(H2,18,23). The maximum atomic E-state index is 12.7. The molecule has 0 fully saturated rings. The molecule has 0 saturated heterocycles. The lowest BCUT2D eigenvalue weighted by Crippen LogP contribution is -2.34. The molecule has 1 aromatic rings. The number of non-ortho nitro benzene ring substituents is 1. The first-order valence-corrected chi connectivity index (χ1v) is 10.1. The third-order valence-electron chi connectivity index (χ3n) is 3.02. The van der Waals surface area contributed by atoms with Gasteiger partial charge in [0.05, 0.1) is 4.92 Å². The van der Waals surface area contributed by atoms with Crippen molar-refractivity contribution >= 4 is 36.6 Å². The van der Waals surface area contributed by atoms with Crippen LogP contribution in [0.15, 0.2) is 24.3 Å². The molecule has 0 aromatic heterocycles. The van der Waals surface area contributed by atoms with Crippen LogP contribution in [0.25, 0.3) is 0 Å². The van der Waals surface area contributed by atoms with Crippen LogP contribution in [0.2, 0.25) is 0 Å². The fourth-order valence-corrected chi connectivity index (χ4v) is 4.10. The third-order valence-corrected chi connectivity index (χ3v) is 5.27. The highest BCUT2D eigenvalue weighted by atomic mass is 35.5. The maximum Gasteiger partial charge on any atom is 0.342 e. The van der Waals surface area contributed by atoms with Gasteiger partial charge in [-0.15, -0.1) is 23.2 Å². The van der Waals surface area contributed by atoms with E-state index in [9.17, 15) is 14.7 Å². The smallest absolute Gasteiger partial charge is 0.287 e. The Bertz CT molecular complexity index is 695. The number of hydrogen-bond acceptors (Lipinski definition) is 4. The highest BCUT2D eigenvalue weighted by Gasteiger charge is 2.33. The van der Waals surface area contributed by atoms with Crippen molar-refractivity contribution in [2.75, 3.05) is 24.8 Å². The molecule has 1 atom stereocenters. The van der Waals surface area contributed by atoms with Crippen LogP contribution in [-0.4, -0.2) is 40.0 Å². The monoisotopic (exact) mass is 407 g/mol. The van der Waals surface area contributed by atoms with Gasteiger partial charge in [-0.05, 0) is 26.0 Å². The fraction of sp³-hybridized carbons (Fsp3) is 0.467. The number of nitrogens with zero attached hydrogens (tertiary/aromatic N) is 2. The first-order valence-electron chi connectivity index (χ1n) is 7.35. The average Bonchev–Trinajstić information content (AvgIpc) is 2.52. The van der Waals surface area contributed by atoms with Crippen molar-refractivity contribution in [3.8, 4) is 11.8 Å². The van der Waals surface area contributed by atoms with Crippen molar-refractivity contribution in [3.63, 3.8) is 0 Å². The Hall–Kier alpha value is -1.13. The highest BCUT2D eigenvalue weighted by Crippen LogP contribution is 2.46. The summed E-state index contributed by atoms with van der Waals surface area (Å²) in [6, 6.07) is 5.76. The molecule has 0 heterocycles. The summed E-state index contributed by atoms with van der Waals surface area (Å²) in [5.41, 5.74) is 5.27. The minimum Gasteiger partial charge on any atom is -0.287 e. The molecular formula is C15H20Cl2N3O4P. The second-order valence-electron chi connectivity index (χ2n) is 5.55. The maximum absolute atomic E-state index is 12.7. The van der Waals surface area contributed by atoms with Crippen molar-refractivity contribution < 1.29 is 14.0 Å². The van der Waals surface area contributed by atoms with E-state index >= 15 is 0 Å². The molecule has 0 amide bonds. The van der Waals surface area contributed by atoms with Gasteiger partial charge in [0.15, 0.2) is 0 Å². The Morgan fingerprint density at radius 3 is 2.24 bits per heavy atom. The topological polar surface area (TPSA) is 98.7 Å². The van der Waals surface area contributed by atoms with E-state index in [-0.39, 0.29) is 30.5 Å². The number of halogens is 2. The van der Waals surface area contributed by atoms with Gasteiger partial charge in [-0.2, -0.15) is 0 Å². The lowest BCUT2D eigenvalue weighted by molar-refractivity contribution is -0.384. The van der Waals surface area contributed by atoms with E-state index in [2.05, 4.69) is 11.8 Å². The molecule has 0 aliphatic heterocycles. The summed E-state index contributed by atoms with van der Waals surface area (Å²) in [4.78, 5) is 10.1. The van der Waals surface area contributed by atoms with E-state index in [4.69, 9.17) is 33.2 Å². The van der Waals surface area contributed by atoms with E-state index in [1.165, 1.54) is 28.9 Å². The van der Waals surface area contributed by atoms with E-state index in [1.54, 1.807) is 13.8 Å². The number of rotatable bonds is 8. The number of benzene rings is 1. The van der Waals surface area contributed by atoms with Crippen LogP contribution in [0.4, 0.5) is 5.69 Å². The molecule has 0 bridgehead atoms. The molecule has 7 nitrogen and oxygen atoms in total. The number of nitro benzene ring substituents is 1. The van der Waals surface area contributed by atoms with E-state index in [0.29, 0.717) is 5.56 Å². The molecule has 0 aliphatic carbocycles. The predicted molar refractivity (Wildman–Crippen MR) is 99.9 cm³/mol. The van der Waals surface area contributed by atoms with Gasteiger partial charge in [-0.3, -0.25) is 19.2 Å². The Morgan fingerprint density at radius 1 is 1.28 bits per heavy atom. The second kappa shape index (κ2) is 9.54. The van der Waals surface area contributed by atoms with Crippen LogP contribution in [-0.2, 0) is 9.09 Å². The van der Waals surface area contributed by atoms with Crippen molar-refractivity contribution in [2.24, 2.45) is 5.50 Å². The molecular weight excluding hydrogens is 388 g/mol. The van der Waals surface area contributed by atoms with Crippen LogP contribution in [0.5, 0.6) is 0 Å². The fourth-order valence-electron chi connectivity index (χ4n) is 1.88. The summed E-state index contributed by atoms with van der Waals surface area (Å²) in [7, 11) is -3.63. The summed E-state index contributed by atoms with van der Waals surface area (Å²) in [5.74, 6) is 6.13. The average molecular weight is 408 g/mol. The normalized spacial score (nSPS) is 13.8. The van der Waals surface area contributed by atoms with Gasteiger partial charge in [0.1, 0.15) is 5.60 Å². The molecule has 0 saturated carbocycles. The molecule has 0 spiro atoms. The molecule has 25 heavy (non-hydrogen) atoms. The molecule has 2 N–H and O–H groups in total. The van der Waals surface area contributed by atoms with Crippen molar-refractivity contribution in [2.45, 2.75) is 19.4 Å². The molecule has 1 aromatic carbocycles. The quantitative estimate of drug-likeness (QED) is 0.232. The Kier molecular flexibility index (Phi) is 8.36. The Morgan fingerprint density at radius 2 is 1.80 bits per heavy atom. The summed E-state index contributed by atoms with van der Waals surface area (Å²) >= 11 is 11.4. The number of hydrogen-bond donors (Lipinski definition) is 1. The minimum atomic E-state index is -3.63. The molecule has 0 aliphatic rings. The molecule has 0 radical (unpaired) electrons. The van der Waals surface area contributed by atoms with E-state index < -0.39 is 18.2 Å². The highest BCUT2D eigenvalue weighted by molar-refractivity contribution is 7.53. The second-order valence-corrected chi connectivity index (χ2v) is 8.18. The zero-order valence-corrected chi connectivity index (χ0v) is 16.4. The lowest BCUT2D eigenvalue weighted by Gasteiger charge is -2.31. The predicted octanol–water partition coefficient (Wildman–Crippen LogP) is 3.59. The van der Waals surface area contributed by atoms with Crippen LogP contribution >= 0.6 is 30.9 Å². The van der Waals surface area contributed by atoms with Gasteiger partial charge < -0.3 is 0 Å². The number of nitro groups is 1. The number of alkyl halides is 2. The number of nitrogens with two attached hydrogens (primary N) is 1. The van der Waals surface area contributed by atoms with Crippen molar-refractivity contribution in [3.05, 3.63) is 39.9 Å². The third kappa shape index (κ3) is 7.33. The summed E-state index contributed by atoms with van der Waals surface area (Å²) in [5, 5.41) is 10.6. The van der Waals surface area contributed by atoms with Gasteiger partial charge in [0.25, 0.3) is 5.69 Å². The van der Waals surface area contributed by atoms with Gasteiger partial charge in [-0.1, -0.05) is 11.8 Å². The zero-order chi connectivity index (χ0) is 19.1. The van der Waals surface area contributed by atoms with Crippen LogP contribution in [0.1, 0.15) is 19.4 Å². The van der Waals surface area contributed by atoms with Crippen LogP contribution in [0.3, 0.4) is 0 Å². The molecule has 10 heteroatoms. The van der Waals surface area contributed by atoms with Gasteiger partial charge >= 0.3 is 7.67 Å². The van der Waals surface area contributed by atoms with Crippen molar-refractivity contribution in [1.82, 2.24) is 4.67 Å². The summed E-state index contributed by atoms with van der Waals surface area (Å²) in [6.07, 6.45) is 0. The Balaban J connectivity index is 2.90. The van der Waals surface area contributed by atoms with Gasteiger partial charge in [-0.25, -0.2) is 10.2 Å². The minimum absolute atomic E-state index is 0.0229. The van der Waals surface area contributed by atoms with Crippen LogP contribution < -0.4 is 5.50 Å². The van der Waals surface area contributed by atoms with E-state index in [0.717, 1.165) is 0 Å². The largest absolute Gasteiger partial charge is 0.342 e. The SMILES string of the molecule is CC(C)(C#Cc1ccc([N+](=O)[O-])cc1)OP(N)(=O)N(CCCl)CCCl. The van der Waals surface area contributed by atoms with Crippen LogP contribution in [0, 0.1) is 22.0 Å². The van der Waals surface area contributed by atoms with E-state index in [1.807, 2.05) is 0 Å². The summed E-state index contributed by atoms with van der Waals surface area (Å²) in [6.45, 7) is 3.80. The molecule has 1 rings (SSSR count). The van der Waals surface area contributed by atoms with Gasteiger partial charge in [0.2, 0.25) is 0 Å². The Labute approximate surface area is 157 Å². The zero-order valence-electron chi connectivity index (χ0n) is 13.9. The molecule has 138 valence electrons. The first kappa shape index (κ1) is 21.9.